The molecule has 0 spiro atoms. The molecule has 0 fully saturated rings. The average Bonchev–Trinajstić information content (AvgIpc) is 2.31. The predicted molar refractivity (Wildman–Crippen MR) is 74.9 cm³/mol. The molecule has 0 bridgehead atoms. The number of carbonyl (C=O) groups is 1. The lowest BCUT2D eigenvalue weighted by molar-refractivity contribution is -0.149. The number of carbonyl (C=O) groups excluding carboxylic acids is 1. The SMILES string of the molecule is CCOC(=O)C(F)[C@H](N)c1ccc(Cl)c(Br)c1.Cl. The summed E-state index contributed by atoms with van der Waals surface area (Å²) in [5.74, 6) is -0.953. The van der Waals surface area contributed by atoms with Gasteiger partial charge in [0, 0.05) is 4.47 Å². The Balaban J connectivity index is 0.00000289. The Labute approximate surface area is 124 Å². The van der Waals surface area contributed by atoms with Gasteiger partial charge in [0.15, 0.2) is 0 Å². The largest absolute Gasteiger partial charge is 0.464 e. The van der Waals surface area contributed by atoms with Crippen molar-refractivity contribution in [1.29, 1.82) is 0 Å². The molecule has 18 heavy (non-hydrogen) atoms. The maximum atomic E-state index is 13.6. The van der Waals surface area contributed by atoms with Crippen molar-refractivity contribution in [3.8, 4) is 0 Å². The second kappa shape index (κ2) is 7.94. The smallest absolute Gasteiger partial charge is 0.342 e. The van der Waals surface area contributed by atoms with Crippen LogP contribution in [0.2, 0.25) is 5.02 Å². The molecule has 1 aromatic carbocycles. The van der Waals surface area contributed by atoms with Crippen LogP contribution in [0.3, 0.4) is 0 Å². The standard InChI is InChI=1S/C11H12BrClFNO2.ClH/c1-2-17-11(16)9(14)10(15)6-3-4-8(13)7(12)5-6;/h3-5,9-10H,2,15H2,1H3;1H/t9?,10-;/m1./s1. The van der Waals surface area contributed by atoms with E-state index in [9.17, 15) is 9.18 Å². The van der Waals surface area contributed by atoms with Gasteiger partial charge in [-0.3, -0.25) is 0 Å². The Hall–Kier alpha value is -0.360. The lowest BCUT2D eigenvalue weighted by Gasteiger charge is -2.16. The third-order valence-electron chi connectivity index (χ3n) is 2.16. The molecule has 7 heteroatoms. The summed E-state index contributed by atoms with van der Waals surface area (Å²) in [6, 6.07) is 3.67. The molecule has 1 rings (SSSR count). The monoisotopic (exact) mass is 359 g/mol. The van der Waals surface area contributed by atoms with Gasteiger partial charge in [-0.25, -0.2) is 9.18 Å². The maximum absolute atomic E-state index is 13.6. The average molecular weight is 361 g/mol. The summed E-state index contributed by atoms with van der Waals surface area (Å²) in [5.41, 5.74) is 6.12. The van der Waals surface area contributed by atoms with Crippen molar-refractivity contribution in [3.05, 3.63) is 33.3 Å². The lowest BCUT2D eigenvalue weighted by Crippen LogP contribution is -2.31. The van der Waals surface area contributed by atoms with Crippen molar-refractivity contribution in [2.75, 3.05) is 6.61 Å². The highest BCUT2D eigenvalue weighted by Gasteiger charge is 2.27. The molecule has 0 heterocycles. The summed E-state index contributed by atoms with van der Waals surface area (Å²) >= 11 is 9.01. The number of nitrogens with two attached hydrogens (primary N) is 1. The fourth-order valence-electron chi connectivity index (χ4n) is 1.26. The van der Waals surface area contributed by atoms with Crippen LogP contribution in [-0.4, -0.2) is 18.7 Å². The van der Waals surface area contributed by atoms with Crippen LogP contribution in [0.1, 0.15) is 18.5 Å². The molecule has 3 nitrogen and oxygen atoms in total. The van der Waals surface area contributed by atoms with Crippen LogP contribution >= 0.6 is 39.9 Å². The van der Waals surface area contributed by atoms with Crippen molar-refractivity contribution >= 4 is 45.9 Å². The van der Waals surface area contributed by atoms with Crippen molar-refractivity contribution in [3.63, 3.8) is 0 Å². The molecular formula is C11H13BrCl2FNO2. The topological polar surface area (TPSA) is 52.3 Å². The Morgan fingerprint density at radius 3 is 2.72 bits per heavy atom. The first-order valence-electron chi connectivity index (χ1n) is 4.98. The molecule has 0 aliphatic rings. The molecule has 102 valence electrons. The number of halogens is 4. The number of esters is 1. The maximum Gasteiger partial charge on any atom is 0.342 e. The molecule has 2 atom stereocenters. The first-order valence-corrected chi connectivity index (χ1v) is 6.15. The fourth-order valence-corrected chi connectivity index (χ4v) is 1.77. The first-order chi connectivity index (χ1) is 7.97. The predicted octanol–water partition coefficient (Wildman–Crippen LogP) is 3.43. The highest BCUT2D eigenvalue weighted by Crippen LogP contribution is 2.27. The number of alkyl halides is 1. The zero-order chi connectivity index (χ0) is 13.0. The second-order valence-electron chi connectivity index (χ2n) is 3.35. The van der Waals surface area contributed by atoms with Crippen LogP contribution in [0.15, 0.2) is 22.7 Å². The van der Waals surface area contributed by atoms with E-state index in [2.05, 4.69) is 20.7 Å². The summed E-state index contributed by atoms with van der Waals surface area (Å²) in [4.78, 5) is 11.2. The van der Waals surface area contributed by atoms with E-state index >= 15 is 0 Å². The summed E-state index contributed by atoms with van der Waals surface area (Å²) < 4.78 is 18.8. The van der Waals surface area contributed by atoms with Crippen LogP contribution in [-0.2, 0) is 9.53 Å². The number of hydrogen-bond acceptors (Lipinski definition) is 3. The zero-order valence-electron chi connectivity index (χ0n) is 9.53. The van der Waals surface area contributed by atoms with Gasteiger partial charge in [-0.2, -0.15) is 0 Å². The third-order valence-corrected chi connectivity index (χ3v) is 3.37. The Kier molecular flexibility index (Phi) is 7.78. The summed E-state index contributed by atoms with van der Waals surface area (Å²) in [7, 11) is 0. The molecule has 0 radical (unpaired) electrons. The van der Waals surface area contributed by atoms with E-state index in [1.54, 1.807) is 25.1 Å². The minimum Gasteiger partial charge on any atom is -0.464 e. The van der Waals surface area contributed by atoms with E-state index in [0.717, 1.165) is 0 Å². The minimum absolute atomic E-state index is 0. The second-order valence-corrected chi connectivity index (χ2v) is 4.61. The van der Waals surface area contributed by atoms with Gasteiger partial charge >= 0.3 is 5.97 Å². The van der Waals surface area contributed by atoms with Crippen LogP contribution in [0, 0.1) is 0 Å². The Morgan fingerprint density at radius 1 is 1.61 bits per heavy atom. The van der Waals surface area contributed by atoms with Gasteiger partial charge in [0.25, 0.3) is 0 Å². The highest BCUT2D eigenvalue weighted by molar-refractivity contribution is 9.10. The fraction of sp³-hybridized carbons (Fsp3) is 0.364. The summed E-state index contributed by atoms with van der Waals surface area (Å²) in [6.07, 6.45) is -1.89. The van der Waals surface area contributed by atoms with Crippen molar-refractivity contribution in [2.24, 2.45) is 5.73 Å². The molecule has 2 N–H and O–H groups in total. The molecule has 0 saturated carbocycles. The van der Waals surface area contributed by atoms with Gasteiger partial charge in [-0.15, -0.1) is 12.4 Å². The van der Waals surface area contributed by atoms with Gasteiger partial charge in [0.2, 0.25) is 6.17 Å². The van der Waals surface area contributed by atoms with E-state index in [1.807, 2.05) is 0 Å². The first kappa shape index (κ1) is 17.6. The Bertz CT molecular complexity index is 420. The molecular weight excluding hydrogens is 348 g/mol. The highest BCUT2D eigenvalue weighted by atomic mass is 79.9. The van der Waals surface area contributed by atoms with Gasteiger partial charge in [-0.05, 0) is 40.5 Å². The summed E-state index contributed by atoms with van der Waals surface area (Å²) in [5, 5.41) is 0.493. The zero-order valence-corrected chi connectivity index (χ0v) is 12.7. The number of rotatable bonds is 4. The van der Waals surface area contributed by atoms with Crippen LogP contribution in [0.4, 0.5) is 4.39 Å². The van der Waals surface area contributed by atoms with Crippen LogP contribution < -0.4 is 5.73 Å². The molecule has 0 aromatic heterocycles. The van der Waals surface area contributed by atoms with Crippen LogP contribution in [0.5, 0.6) is 0 Å². The van der Waals surface area contributed by atoms with Gasteiger partial charge in [0.05, 0.1) is 17.7 Å². The summed E-state index contributed by atoms with van der Waals surface area (Å²) in [6.45, 7) is 1.73. The minimum atomic E-state index is -1.89. The van der Waals surface area contributed by atoms with Crippen molar-refractivity contribution in [1.82, 2.24) is 0 Å². The molecule has 1 unspecified atom stereocenters. The lowest BCUT2D eigenvalue weighted by atomic mass is 10.0. The number of hydrogen-bond donors (Lipinski definition) is 1. The van der Waals surface area contributed by atoms with Gasteiger partial charge < -0.3 is 10.5 Å². The van der Waals surface area contributed by atoms with Crippen LogP contribution in [0.25, 0.3) is 0 Å². The number of benzene rings is 1. The Morgan fingerprint density at radius 2 is 2.22 bits per heavy atom. The third kappa shape index (κ3) is 4.39. The molecule has 0 saturated heterocycles. The molecule has 1 aromatic rings. The van der Waals surface area contributed by atoms with Gasteiger partial charge in [0.1, 0.15) is 0 Å². The van der Waals surface area contributed by atoms with E-state index in [0.29, 0.717) is 15.1 Å². The number of ether oxygens (including phenoxy) is 1. The molecule has 0 aliphatic heterocycles. The van der Waals surface area contributed by atoms with E-state index in [-0.39, 0.29) is 19.0 Å². The van der Waals surface area contributed by atoms with E-state index < -0.39 is 18.2 Å². The molecule has 0 amide bonds. The van der Waals surface area contributed by atoms with E-state index in [1.165, 1.54) is 0 Å². The van der Waals surface area contributed by atoms with E-state index in [4.69, 9.17) is 17.3 Å². The van der Waals surface area contributed by atoms with Gasteiger partial charge in [-0.1, -0.05) is 17.7 Å². The molecule has 0 aliphatic carbocycles. The quantitative estimate of drug-likeness (QED) is 0.837. The normalized spacial score (nSPS) is 13.4. The van der Waals surface area contributed by atoms with Crippen molar-refractivity contribution < 1.29 is 13.9 Å². The van der Waals surface area contributed by atoms with Crippen molar-refractivity contribution in [2.45, 2.75) is 19.1 Å².